The molecule has 1 aromatic carbocycles. The molecule has 1 aliphatic heterocycles. The number of carbonyl (C=O) groups excluding carboxylic acids is 1. The van der Waals surface area contributed by atoms with E-state index >= 15 is 0 Å². The molecule has 3 rings (SSSR count). The van der Waals surface area contributed by atoms with Crippen LogP contribution in [0.25, 0.3) is 6.08 Å². The minimum atomic E-state index is 0.0547. The summed E-state index contributed by atoms with van der Waals surface area (Å²) in [6.45, 7) is 5.53. The van der Waals surface area contributed by atoms with Crippen LogP contribution in [0.3, 0.4) is 0 Å². The Kier molecular flexibility index (Phi) is 6.22. The van der Waals surface area contributed by atoms with Crippen LogP contribution in [-0.4, -0.2) is 42.1 Å². The molecule has 1 fully saturated rings. The fourth-order valence-electron chi connectivity index (χ4n) is 3.46. The second-order valence-electron chi connectivity index (χ2n) is 6.92. The maximum absolute atomic E-state index is 12.6. The van der Waals surface area contributed by atoms with Gasteiger partial charge >= 0.3 is 0 Å². The van der Waals surface area contributed by atoms with Crippen molar-refractivity contribution in [2.75, 3.05) is 20.2 Å². The van der Waals surface area contributed by atoms with Crippen molar-refractivity contribution in [2.24, 2.45) is 5.92 Å². The molecule has 2 heterocycles. The Bertz CT molecular complexity index is 767. The lowest BCUT2D eigenvalue weighted by Crippen LogP contribution is -2.46. The fraction of sp³-hybridized carbons (Fsp3) is 0.429. The molecule has 1 saturated heterocycles. The number of methoxy groups -OCH3 is 1. The Morgan fingerprint density at radius 2 is 2.12 bits per heavy atom. The van der Waals surface area contributed by atoms with E-state index in [-0.39, 0.29) is 12.0 Å². The van der Waals surface area contributed by atoms with Crippen LogP contribution in [0, 0.1) is 19.8 Å². The zero-order valence-electron chi connectivity index (χ0n) is 15.6. The first-order valence-electron chi connectivity index (χ1n) is 9.02. The Morgan fingerprint density at radius 3 is 2.77 bits per heavy atom. The molecule has 2 atom stereocenters. The van der Waals surface area contributed by atoms with E-state index < -0.39 is 0 Å². The van der Waals surface area contributed by atoms with E-state index in [0.717, 1.165) is 36.6 Å². The Hall–Kier alpha value is -1.98. The molecule has 0 aliphatic carbocycles. The van der Waals surface area contributed by atoms with Crippen LogP contribution in [0.15, 0.2) is 35.7 Å². The number of aryl methyl sites for hydroxylation is 2. The lowest BCUT2D eigenvalue weighted by Gasteiger charge is -2.37. The minimum absolute atomic E-state index is 0.0547. The first kappa shape index (κ1) is 18.8. The average molecular weight is 371 g/mol. The summed E-state index contributed by atoms with van der Waals surface area (Å²) in [4.78, 5) is 18.9. The van der Waals surface area contributed by atoms with Gasteiger partial charge in [0.1, 0.15) is 0 Å². The number of carbonyl (C=O) groups is 1. The third-order valence-electron chi connectivity index (χ3n) is 4.93. The molecule has 0 bridgehead atoms. The van der Waals surface area contributed by atoms with Crippen molar-refractivity contribution in [1.82, 2.24) is 9.88 Å². The molecular formula is C21H26N2O2S. The number of piperidine rings is 1. The van der Waals surface area contributed by atoms with E-state index in [2.05, 4.69) is 36.2 Å². The van der Waals surface area contributed by atoms with Crippen molar-refractivity contribution in [3.63, 3.8) is 0 Å². The van der Waals surface area contributed by atoms with Crippen molar-refractivity contribution in [1.29, 1.82) is 0 Å². The summed E-state index contributed by atoms with van der Waals surface area (Å²) in [7, 11) is 1.77. The van der Waals surface area contributed by atoms with Crippen LogP contribution in [0.2, 0.25) is 0 Å². The second kappa shape index (κ2) is 8.60. The summed E-state index contributed by atoms with van der Waals surface area (Å²) in [5.41, 5.74) is 3.41. The minimum Gasteiger partial charge on any atom is -0.381 e. The highest BCUT2D eigenvalue weighted by Crippen LogP contribution is 2.24. The van der Waals surface area contributed by atoms with E-state index in [1.165, 1.54) is 11.1 Å². The number of likely N-dealkylation sites (tertiary alicyclic amines) is 1. The molecule has 1 aliphatic rings. The zero-order chi connectivity index (χ0) is 18.5. The number of hydrogen-bond acceptors (Lipinski definition) is 4. The molecule has 0 unspecified atom stereocenters. The number of nitrogens with zero attached hydrogens (tertiary/aromatic N) is 2. The van der Waals surface area contributed by atoms with Gasteiger partial charge in [-0.3, -0.25) is 4.79 Å². The lowest BCUT2D eigenvalue weighted by atomic mass is 9.88. The van der Waals surface area contributed by atoms with Gasteiger partial charge in [0.25, 0.3) is 0 Å². The predicted molar refractivity (Wildman–Crippen MR) is 106 cm³/mol. The van der Waals surface area contributed by atoms with Gasteiger partial charge in [0.05, 0.1) is 16.8 Å². The molecule has 0 N–H and O–H groups in total. The number of hydrogen-bond donors (Lipinski definition) is 0. The van der Waals surface area contributed by atoms with Crippen LogP contribution in [0.4, 0.5) is 0 Å². The van der Waals surface area contributed by atoms with Crippen LogP contribution >= 0.6 is 11.3 Å². The average Bonchev–Trinajstić information content (AvgIpc) is 3.07. The summed E-state index contributed by atoms with van der Waals surface area (Å²) in [5.74, 6) is 0.370. The third kappa shape index (κ3) is 4.80. The van der Waals surface area contributed by atoms with Crippen LogP contribution in [-0.2, 0) is 16.0 Å². The highest BCUT2D eigenvalue weighted by Gasteiger charge is 2.30. The SMILES string of the molecule is CO[C@@H]1CCN(C(=O)/C=C/c2csc(C)n2)C[C@H]1Cc1ccc(C)cc1. The molecule has 5 heteroatoms. The molecule has 26 heavy (non-hydrogen) atoms. The number of ether oxygens (including phenoxy) is 1. The second-order valence-corrected chi connectivity index (χ2v) is 7.98. The van der Waals surface area contributed by atoms with Gasteiger partial charge in [-0.05, 0) is 38.3 Å². The molecule has 4 nitrogen and oxygen atoms in total. The molecule has 1 amide bonds. The van der Waals surface area contributed by atoms with Crippen LogP contribution < -0.4 is 0 Å². The van der Waals surface area contributed by atoms with Crippen LogP contribution in [0.1, 0.15) is 28.2 Å². The monoisotopic (exact) mass is 370 g/mol. The first-order valence-corrected chi connectivity index (χ1v) is 9.90. The summed E-state index contributed by atoms with van der Waals surface area (Å²) in [6, 6.07) is 8.63. The number of benzene rings is 1. The first-order chi connectivity index (χ1) is 12.5. The van der Waals surface area contributed by atoms with Gasteiger partial charge in [0, 0.05) is 37.6 Å². The molecule has 138 valence electrons. The van der Waals surface area contributed by atoms with E-state index in [1.54, 1.807) is 24.5 Å². The normalized spacial score (nSPS) is 20.7. The summed E-state index contributed by atoms with van der Waals surface area (Å²) >= 11 is 1.59. The topological polar surface area (TPSA) is 42.4 Å². The molecule has 0 radical (unpaired) electrons. The largest absolute Gasteiger partial charge is 0.381 e. The quantitative estimate of drug-likeness (QED) is 0.750. The molecule has 1 aromatic heterocycles. The molecular weight excluding hydrogens is 344 g/mol. The van der Waals surface area contributed by atoms with Gasteiger partial charge in [-0.1, -0.05) is 29.8 Å². The molecule has 0 saturated carbocycles. The van der Waals surface area contributed by atoms with Gasteiger partial charge in [0.2, 0.25) is 5.91 Å². The number of aromatic nitrogens is 1. The highest BCUT2D eigenvalue weighted by atomic mass is 32.1. The van der Waals surface area contributed by atoms with E-state index in [4.69, 9.17) is 4.74 Å². The Labute approximate surface area is 159 Å². The Morgan fingerprint density at radius 1 is 1.35 bits per heavy atom. The van der Waals surface area contributed by atoms with E-state index in [0.29, 0.717) is 5.92 Å². The highest BCUT2D eigenvalue weighted by molar-refractivity contribution is 7.09. The number of amides is 1. The maximum atomic E-state index is 12.6. The predicted octanol–water partition coefficient (Wildman–Crippen LogP) is 3.88. The van der Waals surface area contributed by atoms with Crippen molar-refractivity contribution in [3.05, 3.63) is 57.6 Å². The summed E-state index contributed by atoms with van der Waals surface area (Å²) in [5, 5.41) is 2.98. The van der Waals surface area contributed by atoms with E-state index in [1.807, 2.05) is 23.3 Å². The zero-order valence-corrected chi connectivity index (χ0v) is 16.5. The summed E-state index contributed by atoms with van der Waals surface area (Å²) in [6.07, 6.45) is 5.46. The van der Waals surface area contributed by atoms with Gasteiger partial charge in [0.15, 0.2) is 0 Å². The molecule has 0 spiro atoms. The Balaban J connectivity index is 1.64. The van der Waals surface area contributed by atoms with Crippen molar-refractivity contribution in [2.45, 2.75) is 32.8 Å². The lowest BCUT2D eigenvalue weighted by molar-refractivity contribution is -0.130. The van der Waals surface area contributed by atoms with Crippen LogP contribution in [0.5, 0.6) is 0 Å². The fourth-order valence-corrected chi connectivity index (χ4v) is 4.04. The van der Waals surface area contributed by atoms with Gasteiger partial charge in [-0.15, -0.1) is 11.3 Å². The van der Waals surface area contributed by atoms with E-state index in [9.17, 15) is 4.79 Å². The van der Waals surface area contributed by atoms with Gasteiger partial charge < -0.3 is 9.64 Å². The number of rotatable bonds is 5. The number of thiazole rings is 1. The van der Waals surface area contributed by atoms with Crippen molar-refractivity contribution >= 4 is 23.3 Å². The van der Waals surface area contributed by atoms with Crippen molar-refractivity contribution in [3.8, 4) is 0 Å². The third-order valence-corrected chi connectivity index (χ3v) is 5.72. The van der Waals surface area contributed by atoms with Crippen molar-refractivity contribution < 1.29 is 9.53 Å². The van der Waals surface area contributed by atoms with Gasteiger partial charge in [-0.25, -0.2) is 4.98 Å². The standard InChI is InChI=1S/C21H26N2O2S/c1-15-4-6-17(7-5-15)12-18-13-23(11-10-20(18)25-3)21(24)9-8-19-14-26-16(2)22-19/h4-9,14,18,20H,10-13H2,1-3H3/b9-8+/t18-,20-/m1/s1. The van der Waals surface area contributed by atoms with Gasteiger partial charge in [-0.2, -0.15) is 0 Å². The maximum Gasteiger partial charge on any atom is 0.246 e. The molecule has 2 aromatic rings. The summed E-state index contributed by atoms with van der Waals surface area (Å²) < 4.78 is 5.70. The smallest absolute Gasteiger partial charge is 0.246 e.